The molecule has 0 amide bonds. The van der Waals surface area contributed by atoms with E-state index < -0.39 is 0 Å². The largest absolute Gasteiger partial charge is 0.291 e. The van der Waals surface area contributed by atoms with E-state index in [1.165, 1.54) is 0 Å². The Morgan fingerprint density at radius 2 is 0.594 bits per heavy atom. The Labute approximate surface area is 197 Å². The molecule has 2 heteroatoms. The van der Waals surface area contributed by atoms with Crippen molar-refractivity contribution in [2.45, 2.75) is 69.2 Å². The van der Waals surface area contributed by atoms with Gasteiger partial charge in [0.25, 0.3) is 0 Å². The molecule has 5 rings (SSSR count). The summed E-state index contributed by atoms with van der Waals surface area (Å²) in [4.78, 5) is 26.9. The molecule has 5 aliphatic carbocycles. The molecule has 5 aliphatic rings. The predicted molar refractivity (Wildman–Crippen MR) is 130 cm³/mol. The summed E-state index contributed by atoms with van der Waals surface area (Å²) in [7, 11) is 0. The Kier molecular flexibility index (Phi) is 5.35. The van der Waals surface area contributed by atoms with E-state index in [-0.39, 0.29) is 23.4 Å². The van der Waals surface area contributed by atoms with Crippen LogP contribution in [0.4, 0.5) is 0 Å². The molecule has 0 aromatic heterocycles. The summed E-state index contributed by atoms with van der Waals surface area (Å²) in [5, 5.41) is 0. The van der Waals surface area contributed by atoms with E-state index in [1.54, 1.807) is 0 Å². The Morgan fingerprint density at radius 3 is 1.12 bits per heavy atom. The van der Waals surface area contributed by atoms with Crippen molar-refractivity contribution in [1.82, 2.24) is 0 Å². The lowest BCUT2D eigenvalue weighted by atomic mass is 9.37. The molecule has 5 fully saturated rings. The SMILES string of the molecule is CC1C(C)C(C)C2C(C1C)C(C)C(C)C1C3C(C)C(C)C(C)C4C(=O)C(=O)C(C(C)C21)C43. The standard InChI is InChI=1S/C30H48O2/c1-11-12(2)15(5)22-21(14(11)4)18(8)19(9)23-24-16(6)13(3)17(7)26-28(24)27(20(10)25(22)23)30(32)29(26)31/h11-28H,1-10H3. The van der Waals surface area contributed by atoms with Crippen molar-refractivity contribution in [3.05, 3.63) is 0 Å². The number of carbonyl (C=O) groups is 2. The van der Waals surface area contributed by atoms with Gasteiger partial charge in [-0.1, -0.05) is 69.2 Å². The van der Waals surface area contributed by atoms with Gasteiger partial charge in [-0.05, 0) is 94.7 Å². The number of carbonyl (C=O) groups excluding carboxylic acids is 2. The lowest BCUT2D eigenvalue weighted by Gasteiger charge is -2.67. The highest BCUT2D eigenvalue weighted by Gasteiger charge is 2.69. The molecule has 18 unspecified atom stereocenters. The molecule has 180 valence electrons. The van der Waals surface area contributed by atoms with Gasteiger partial charge in [0.05, 0.1) is 0 Å². The van der Waals surface area contributed by atoms with Crippen LogP contribution in [0, 0.1) is 107 Å². The monoisotopic (exact) mass is 440 g/mol. The first-order valence-corrected chi connectivity index (χ1v) is 14.0. The van der Waals surface area contributed by atoms with Crippen molar-refractivity contribution >= 4 is 11.6 Å². The second-order valence-corrected chi connectivity index (χ2v) is 13.8. The Balaban J connectivity index is 1.67. The number of Topliss-reactive ketones (excluding diaryl/α,β-unsaturated/α-hetero) is 2. The van der Waals surface area contributed by atoms with Gasteiger partial charge in [0.1, 0.15) is 0 Å². The van der Waals surface area contributed by atoms with Crippen LogP contribution in [0.25, 0.3) is 0 Å². The minimum Gasteiger partial charge on any atom is -0.291 e. The Morgan fingerprint density at radius 1 is 0.312 bits per heavy atom. The maximum atomic E-state index is 13.5. The predicted octanol–water partition coefficient (Wildman–Crippen LogP) is 6.48. The molecule has 0 saturated heterocycles. The number of ketones is 2. The smallest absolute Gasteiger partial charge is 0.202 e. The van der Waals surface area contributed by atoms with Gasteiger partial charge in [0, 0.05) is 11.8 Å². The third-order valence-corrected chi connectivity index (χ3v) is 13.7. The highest BCUT2D eigenvalue weighted by atomic mass is 16.2. The van der Waals surface area contributed by atoms with E-state index in [4.69, 9.17) is 0 Å². The van der Waals surface area contributed by atoms with Crippen LogP contribution in [0.15, 0.2) is 0 Å². The van der Waals surface area contributed by atoms with Crippen LogP contribution in [0.2, 0.25) is 0 Å². The van der Waals surface area contributed by atoms with Gasteiger partial charge in [-0.25, -0.2) is 0 Å². The zero-order valence-corrected chi connectivity index (χ0v) is 22.2. The van der Waals surface area contributed by atoms with E-state index in [9.17, 15) is 9.59 Å². The Hall–Kier alpha value is -0.660. The molecular weight excluding hydrogens is 392 g/mol. The van der Waals surface area contributed by atoms with E-state index >= 15 is 0 Å². The normalized spacial score (nSPS) is 64.1. The molecule has 5 saturated carbocycles. The summed E-state index contributed by atoms with van der Waals surface area (Å²) in [6.45, 7) is 24.6. The molecule has 0 aromatic carbocycles. The molecule has 0 heterocycles. The highest BCUT2D eigenvalue weighted by Crippen LogP contribution is 2.70. The molecule has 0 aromatic rings. The molecule has 0 radical (unpaired) electrons. The van der Waals surface area contributed by atoms with E-state index in [0.717, 1.165) is 29.6 Å². The summed E-state index contributed by atoms with van der Waals surface area (Å²) in [6.07, 6.45) is 0. The third-order valence-electron chi connectivity index (χ3n) is 13.7. The van der Waals surface area contributed by atoms with Gasteiger partial charge in [-0.15, -0.1) is 0 Å². The zero-order chi connectivity index (χ0) is 23.5. The fourth-order valence-corrected chi connectivity index (χ4v) is 11.3. The van der Waals surface area contributed by atoms with Crippen LogP contribution in [0.1, 0.15) is 69.2 Å². The van der Waals surface area contributed by atoms with Crippen LogP contribution in [0.3, 0.4) is 0 Å². The topological polar surface area (TPSA) is 34.1 Å². The summed E-state index contributed by atoms with van der Waals surface area (Å²) in [5.74, 6) is 9.76. The first kappa shape index (κ1) is 23.1. The van der Waals surface area contributed by atoms with Gasteiger partial charge in [0.2, 0.25) is 11.6 Å². The van der Waals surface area contributed by atoms with Crippen molar-refractivity contribution in [1.29, 1.82) is 0 Å². The zero-order valence-electron chi connectivity index (χ0n) is 22.2. The first-order valence-electron chi connectivity index (χ1n) is 14.0. The lowest BCUT2D eigenvalue weighted by molar-refractivity contribution is -0.204. The first-order chi connectivity index (χ1) is 14.9. The summed E-state index contributed by atoms with van der Waals surface area (Å²) in [6, 6.07) is 0. The molecule has 0 N–H and O–H groups in total. The van der Waals surface area contributed by atoms with Gasteiger partial charge >= 0.3 is 0 Å². The second-order valence-electron chi connectivity index (χ2n) is 13.8. The second kappa shape index (κ2) is 7.42. The van der Waals surface area contributed by atoms with E-state index in [2.05, 4.69) is 69.2 Å². The van der Waals surface area contributed by atoms with Crippen molar-refractivity contribution < 1.29 is 9.59 Å². The molecule has 32 heavy (non-hydrogen) atoms. The van der Waals surface area contributed by atoms with Crippen LogP contribution in [0.5, 0.6) is 0 Å². The van der Waals surface area contributed by atoms with E-state index in [0.29, 0.717) is 65.1 Å². The minimum atomic E-state index is -0.00558. The fraction of sp³-hybridized carbons (Fsp3) is 0.933. The number of fused-ring (bicyclic) bond motifs is 4. The van der Waals surface area contributed by atoms with Crippen LogP contribution >= 0.6 is 0 Å². The maximum Gasteiger partial charge on any atom is 0.202 e. The number of hydrogen-bond donors (Lipinski definition) is 0. The minimum absolute atomic E-state index is 0.00503. The van der Waals surface area contributed by atoms with E-state index in [1.807, 2.05) is 0 Å². The molecule has 0 bridgehead atoms. The number of hydrogen-bond acceptors (Lipinski definition) is 2. The average molecular weight is 441 g/mol. The molecular formula is C30H48O2. The van der Waals surface area contributed by atoms with Crippen LogP contribution in [-0.4, -0.2) is 11.6 Å². The van der Waals surface area contributed by atoms with Gasteiger partial charge < -0.3 is 0 Å². The fourth-order valence-electron chi connectivity index (χ4n) is 11.3. The lowest BCUT2D eigenvalue weighted by Crippen LogP contribution is -2.64. The van der Waals surface area contributed by atoms with Crippen molar-refractivity contribution in [2.24, 2.45) is 107 Å². The van der Waals surface area contributed by atoms with Crippen molar-refractivity contribution in [3.63, 3.8) is 0 Å². The van der Waals surface area contributed by atoms with Gasteiger partial charge in [-0.2, -0.15) is 0 Å². The average Bonchev–Trinajstić information content (AvgIpc) is 3.02. The quantitative estimate of drug-likeness (QED) is 0.404. The molecule has 0 aliphatic heterocycles. The summed E-state index contributed by atoms with van der Waals surface area (Å²) >= 11 is 0. The molecule has 0 spiro atoms. The van der Waals surface area contributed by atoms with Crippen LogP contribution < -0.4 is 0 Å². The Bertz CT molecular complexity index is 801. The highest BCUT2D eigenvalue weighted by molar-refractivity contribution is 6.41. The van der Waals surface area contributed by atoms with Crippen molar-refractivity contribution in [3.8, 4) is 0 Å². The molecule has 2 nitrogen and oxygen atoms in total. The third kappa shape index (κ3) is 2.59. The molecule has 18 atom stereocenters. The van der Waals surface area contributed by atoms with Gasteiger partial charge in [0.15, 0.2) is 0 Å². The number of rotatable bonds is 0. The van der Waals surface area contributed by atoms with Crippen LogP contribution in [-0.2, 0) is 9.59 Å². The van der Waals surface area contributed by atoms with Gasteiger partial charge in [-0.3, -0.25) is 9.59 Å². The summed E-state index contributed by atoms with van der Waals surface area (Å²) in [5.41, 5.74) is 0. The maximum absolute atomic E-state index is 13.5. The summed E-state index contributed by atoms with van der Waals surface area (Å²) < 4.78 is 0. The van der Waals surface area contributed by atoms with Crippen molar-refractivity contribution in [2.75, 3.05) is 0 Å².